The molecule has 3 heteroatoms. The molecule has 0 radical (unpaired) electrons. The SMILES string of the molecule is Cc1c(C)c(C)c(C(=O)NCC(C)(C)CCO)c(C)c1C. The highest BCUT2D eigenvalue weighted by atomic mass is 16.3. The van der Waals surface area contributed by atoms with E-state index >= 15 is 0 Å². The van der Waals surface area contributed by atoms with Crippen LogP contribution < -0.4 is 5.32 Å². The zero-order chi connectivity index (χ0) is 16.4. The predicted molar refractivity (Wildman–Crippen MR) is 87.9 cm³/mol. The molecule has 0 aliphatic heterocycles. The number of hydrogen-bond donors (Lipinski definition) is 2. The van der Waals surface area contributed by atoms with Crippen LogP contribution in [0.15, 0.2) is 0 Å². The highest BCUT2D eigenvalue weighted by Crippen LogP contribution is 2.26. The maximum atomic E-state index is 12.6. The Morgan fingerprint density at radius 2 is 1.38 bits per heavy atom. The van der Waals surface area contributed by atoms with Gasteiger partial charge in [0.2, 0.25) is 0 Å². The van der Waals surface area contributed by atoms with Crippen LogP contribution in [0, 0.1) is 40.0 Å². The largest absolute Gasteiger partial charge is 0.396 e. The van der Waals surface area contributed by atoms with Gasteiger partial charge in [-0.3, -0.25) is 4.79 Å². The lowest BCUT2D eigenvalue weighted by molar-refractivity contribution is 0.0926. The third kappa shape index (κ3) is 3.85. The van der Waals surface area contributed by atoms with Crippen molar-refractivity contribution in [2.75, 3.05) is 13.2 Å². The Hall–Kier alpha value is -1.35. The van der Waals surface area contributed by atoms with Gasteiger partial charge >= 0.3 is 0 Å². The van der Waals surface area contributed by atoms with Gasteiger partial charge in [-0.2, -0.15) is 0 Å². The molecule has 0 saturated heterocycles. The number of amides is 1. The van der Waals surface area contributed by atoms with Gasteiger partial charge in [0, 0.05) is 18.7 Å². The van der Waals surface area contributed by atoms with Crippen LogP contribution in [0.1, 0.15) is 58.4 Å². The van der Waals surface area contributed by atoms with Crippen LogP contribution in [-0.2, 0) is 0 Å². The lowest BCUT2D eigenvalue weighted by Crippen LogP contribution is -2.35. The van der Waals surface area contributed by atoms with Crippen LogP contribution in [0.4, 0.5) is 0 Å². The van der Waals surface area contributed by atoms with Crippen molar-refractivity contribution in [2.45, 2.75) is 54.9 Å². The van der Waals surface area contributed by atoms with E-state index in [1.54, 1.807) is 0 Å². The van der Waals surface area contributed by atoms with Crippen molar-refractivity contribution in [3.63, 3.8) is 0 Å². The zero-order valence-corrected chi connectivity index (χ0v) is 14.5. The Balaban J connectivity index is 3.04. The van der Waals surface area contributed by atoms with Gasteiger partial charge in [-0.25, -0.2) is 0 Å². The van der Waals surface area contributed by atoms with Crippen LogP contribution >= 0.6 is 0 Å². The first kappa shape index (κ1) is 17.7. The standard InChI is InChI=1S/C18H29NO2/c1-11-12(2)14(4)16(15(5)13(11)3)17(21)19-10-18(6,7)8-9-20/h20H,8-10H2,1-7H3,(H,19,21). The number of hydrogen-bond acceptors (Lipinski definition) is 2. The third-order valence-corrected chi connectivity index (χ3v) is 4.74. The molecule has 1 amide bonds. The van der Waals surface area contributed by atoms with E-state index < -0.39 is 0 Å². The van der Waals surface area contributed by atoms with Crippen LogP contribution in [0.5, 0.6) is 0 Å². The fourth-order valence-electron chi connectivity index (χ4n) is 2.64. The molecule has 0 atom stereocenters. The van der Waals surface area contributed by atoms with Crippen LogP contribution in [0.25, 0.3) is 0 Å². The molecule has 21 heavy (non-hydrogen) atoms. The molecule has 0 aliphatic carbocycles. The zero-order valence-electron chi connectivity index (χ0n) is 14.5. The first-order valence-electron chi connectivity index (χ1n) is 7.58. The fraction of sp³-hybridized carbons (Fsp3) is 0.611. The number of aliphatic hydroxyl groups excluding tert-OH is 1. The van der Waals surface area contributed by atoms with Crippen molar-refractivity contribution >= 4 is 5.91 Å². The Morgan fingerprint density at radius 1 is 0.952 bits per heavy atom. The first-order valence-corrected chi connectivity index (χ1v) is 7.58. The van der Waals surface area contributed by atoms with Crippen molar-refractivity contribution in [1.29, 1.82) is 0 Å². The molecule has 0 spiro atoms. The second-order valence-corrected chi connectivity index (χ2v) is 6.82. The quantitative estimate of drug-likeness (QED) is 0.874. The number of nitrogens with one attached hydrogen (secondary N) is 1. The molecule has 0 heterocycles. The van der Waals surface area contributed by atoms with E-state index in [9.17, 15) is 4.79 Å². The molecular formula is C18H29NO2. The van der Waals surface area contributed by atoms with E-state index in [-0.39, 0.29) is 17.9 Å². The topological polar surface area (TPSA) is 49.3 Å². The summed E-state index contributed by atoms with van der Waals surface area (Å²) in [6.45, 7) is 15.1. The smallest absolute Gasteiger partial charge is 0.251 e. The first-order chi connectivity index (χ1) is 9.62. The summed E-state index contributed by atoms with van der Waals surface area (Å²) in [6, 6.07) is 0. The molecule has 1 aromatic carbocycles. The normalized spacial score (nSPS) is 11.6. The van der Waals surface area contributed by atoms with Crippen LogP contribution in [0.2, 0.25) is 0 Å². The second-order valence-electron chi connectivity index (χ2n) is 6.82. The summed E-state index contributed by atoms with van der Waals surface area (Å²) in [7, 11) is 0. The maximum Gasteiger partial charge on any atom is 0.251 e. The number of aliphatic hydroxyl groups is 1. The van der Waals surface area contributed by atoms with E-state index in [1.165, 1.54) is 16.7 Å². The van der Waals surface area contributed by atoms with E-state index in [0.717, 1.165) is 16.7 Å². The summed E-state index contributed by atoms with van der Waals surface area (Å²) in [5.41, 5.74) is 6.48. The van der Waals surface area contributed by atoms with Gasteiger partial charge in [0.05, 0.1) is 0 Å². The number of carbonyl (C=O) groups is 1. The van der Waals surface area contributed by atoms with Crippen molar-refractivity contribution < 1.29 is 9.90 Å². The highest BCUT2D eigenvalue weighted by molar-refractivity contribution is 5.98. The minimum Gasteiger partial charge on any atom is -0.396 e. The molecule has 0 unspecified atom stereocenters. The van der Waals surface area contributed by atoms with Gasteiger partial charge in [-0.15, -0.1) is 0 Å². The van der Waals surface area contributed by atoms with Gasteiger partial charge in [0.25, 0.3) is 5.91 Å². The molecule has 0 aromatic heterocycles. The van der Waals surface area contributed by atoms with E-state index in [0.29, 0.717) is 13.0 Å². The van der Waals surface area contributed by atoms with Crippen LogP contribution in [0.3, 0.4) is 0 Å². The number of carbonyl (C=O) groups excluding carboxylic acids is 1. The molecule has 0 bridgehead atoms. The van der Waals surface area contributed by atoms with Crippen molar-refractivity contribution in [1.82, 2.24) is 5.32 Å². The van der Waals surface area contributed by atoms with Gasteiger partial charge in [0.1, 0.15) is 0 Å². The van der Waals surface area contributed by atoms with Crippen molar-refractivity contribution in [3.8, 4) is 0 Å². The Bertz CT molecular complexity index is 516. The molecule has 2 N–H and O–H groups in total. The summed E-state index contributed by atoms with van der Waals surface area (Å²) in [4.78, 5) is 12.6. The van der Waals surface area contributed by atoms with Crippen molar-refractivity contribution in [3.05, 3.63) is 33.4 Å². The van der Waals surface area contributed by atoms with Gasteiger partial charge < -0.3 is 10.4 Å². The van der Waals surface area contributed by atoms with E-state index in [2.05, 4.69) is 39.9 Å². The molecule has 3 nitrogen and oxygen atoms in total. The molecule has 1 rings (SSSR count). The van der Waals surface area contributed by atoms with Gasteiger partial charge in [0.15, 0.2) is 0 Å². The third-order valence-electron chi connectivity index (χ3n) is 4.74. The van der Waals surface area contributed by atoms with E-state index in [4.69, 9.17) is 5.11 Å². The molecule has 0 aliphatic rings. The van der Waals surface area contributed by atoms with Gasteiger partial charge in [-0.05, 0) is 74.3 Å². The Kier molecular flexibility index (Phi) is 5.57. The molecular weight excluding hydrogens is 262 g/mol. The number of rotatable bonds is 5. The monoisotopic (exact) mass is 291 g/mol. The summed E-state index contributed by atoms with van der Waals surface area (Å²) < 4.78 is 0. The number of benzene rings is 1. The lowest BCUT2D eigenvalue weighted by atomic mass is 9.88. The predicted octanol–water partition coefficient (Wildman–Crippen LogP) is 3.37. The maximum absolute atomic E-state index is 12.6. The fourth-order valence-corrected chi connectivity index (χ4v) is 2.64. The summed E-state index contributed by atoms with van der Waals surface area (Å²) >= 11 is 0. The molecule has 1 aromatic rings. The minimum atomic E-state index is -0.0962. The average molecular weight is 291 g/mol. The summed E-state index contributed by atoms with van der Waals surface area (Å²) in [5.74, 6) is -0.0118. The average Bonchev–Trinajstić information content (AvgIpc) is 2.41. The molecule has 0 fully saturated rings. The lowest BCUT2D eigenvalue weighted by Gasteiger charge is -2.25. The van der Waals surface area contributed by atoms with Crippen LogP contribution in [-0.4, -0.2) is 24.2 Å². The summed E-state index contributed by atoms with van der Waals surface area (Å²) in [5, 5.41) is 12.1. The molecule has 0 saturated carbocycles. The van der Waals surface area contributed by atoms with Crippen molar-refractivity contribution in [2.24, 2.45) is 5.41 Å². The summed E-state index contributed by atoms with van der Waals surface area (Å²) in [6.07, 6.45) is 0.678. The van der Waals surface area contributed by atoms with Gasteiger partial charge in [-0.1, -0.05) is 13.8 Å². The Labute approximate surface area is 128 Å². The van der Waals surface area contributed by atoms with E-state index in [1.807, 2.05) is 13.8 Å². The highest BCUT2D eigenvalue weighted by Gasteiger charge is 2.22. The molecule has 118 valence electrons. The second kappa shape index (κ2) is 6.61. The minimum absolute atomic E-state index is 0.0118. The Morgan fingerprint density at radius 3 is 1.81 bits per heavy atom.